The summed E-state index contributed by atoms with van der Waals surface area (Å²) in [5.41, 5.74) is 0.751. The molecule has 0 atom stereocenters. The quantitative estimate of drug-likeness (QED) is 0.625. The second-order valence-corrected chi connectivity index (χ2v) is 3.10. The maximum absolute atomic E-state index is 10.8. The Kier molecular flexibility index (Phi) is 4.87. The minimum atomic E-state index is -0.424. The van der Waals surface area contributed by atoms with Crippen LogP contribution in [0.4, 0.5) is 5.69 Å². The van der Waals surface area contributed by atoms with Gasteiger partial charge in [0.1, 0.15) is 11.5 Å². The van der Waals surface area contributed by atoms with Gasteiger partial charge < -0.3 is 19.5 Å². The fraction of sp³-hybridized carbons (Fsp3) is 0.250. The molecule has 0 heterocycles. The molecule has 0 saturated carbocycles. The van der Waals surface area contributed by atoms with Gasteiger partial charge in [-0.05, 0) is 0 Å². The van der Waals surface area contributed by atoms with Crippen molar-refractivity contribution in [2.24, 2.45) is 0 Å². The fourth-order valence-electron chi connectivity index (χ4n) is 1.16. The third kappa shape index (κ3) is 4.06. The molecule has 0 aliphatic heterocycles. The summed E-state index contributed by atoms with van der Waals surface area (Å²) in [7, 11) is 4.47. The molecule has 0 unspecified atom stereocenters. The van der Waals surface area contributed by atoms with Crippen molar-refractivity contribution in [3.8, 4) is 11.5 Å². The molecule has 0 aliphatic rings. The van der Waals surface area contributed by atoms with E-state index in [9.17, 15) is 4.79 Å². The first-order chi connectivity index (χ1) is 8.19. The van der Waals surface area contributed by atoms with E-state index >= 15 is 0 Å². The molecule has 5 nitrogen and oxygen atoms in total. The Hall–Kier alpha value is -2.17. The highest BCUT2D eigenvalue weighted by Crippen LogP contribution is 2.25. The molecule has 0 amide bonds. The topological polar surface area (TPSA) is 56.8 Å². The summed E-state index contributed by atoms with van der Waals surface area (Å²) in [5, 5.41) is 2.92. The lowest BCUT2D eigenvalue weighted by Gasteiger charge is -2.07. The lowest BCUT2D eigenvalue weighted by Crippen LogP contribution is -1.97. The highest BCUT2D eigenvalue weighted by molar-refractivity contribution is 5.82. The number of hydrogen-bond donors (Lipinski definition) is 1. The smallest absolute Gasteiger partial charge is 0.331 e. The number of hydrogen-bond acceptors (Lipinski definition) is 5. The zero-order valence-electron chi connectivity index (χ0n) is 10.0. The second-order valence-electron chi connectivity index (χ2n) is 3.10. The Morgan fingerprint density at radius 2 is 1.71 bits per heavy atom. The average molecular weight is 237 g/mol. The minimum absolute atomic E-state index is 0.424. The van der Waals surface area contributed by atoms with Crippen molar-refractivity contribution in [2.75, 3.05) is 26.6 Å². The number of nitrogens with one attached hydrogen (secondary N) is 1. The van der Waals surface area contributed by atoms with Gasteiger partial charge in [-0.3, -0.25) is 0 Å². The van der Waals surface area contributed by atoms with Gasteiger partial charge in [-0.15, -0.1) is 0 Å². The molecule has 1 rings (SSSR count). The van der Waals surface area contributed by atoms with E-state index < -0.39 is 5.97 Å². The van der Waals surface area contributed by atoms with Crippen LogP contribution in [0.2, 0.25) is 0 Å². The molecule has 1 aromatic rings. The van der Waals surface area contributed by atoms with Crippen molar-refractivity contribution in [1.82, 2.24) is 0 Å². The molecule has 0 radical (unpaired) electrons. The third-order valence-corrected chi connectivity index (χ3v) is 2.02. The first kappa shape index (κ1) is 12.9. The molecule has 1 aromatic carbocycles. The first-order valence-electron chi connectivity index (χ1n) is 4.93. The van der Waals surface area contributed by atoms with Gasteiger partial charge >= 0.3 is 5.97 Å². The van der Waals surface area contributed by atoms with Gasteiger partial charge in [0.2, 0.25) is 0 Å². The molecule has 0 bridgehead atoms. The fourth-order valence-corrected chi connectivity index (χ4v) is 1.16. The molecule has 92 valence electrons. The molecule has 0 spiro atoms. The maximum Gasteiger partial charge on any atom is 0.331 e. The summed E-state index contributed by atoms with van der Waals surface area (Å²) in [5.74, 6) is 0.906. The Morgan fingerprint density at radius 3 is 2.18 bits per heavy atom. The number of esters is 1. The van der Waals surface area contributed by atoms with Crippen molar-refractivity contribution < 1.29 is 19.0 Å². The van der Waals surface area contributed by atoms with E-state index in [2.05, 4.69) is 10.1 Å². The van der Waals surface area contributed by atoms with E-state index in [1.807, 2.05) is 0 Å². The van der Waals surface area contributed by atoms with Crippen LogP contribution in [0.3, 0.4) is 0 Å². The summed E-state index contributed by atoms with van der Waals surface area (Å²) < 4.78 is 14.7. The Bertz CT molecular complexity index is 393. The molecule has 0 saturated heterocycles. The van der Waals surface area contributed by atoms with Crippen LogP contribution < -0.4 is 14.8 Å². The van der Waals surface area contributed by atoms with Gasteiger partial charge in [-0.25, -0.2) is 4.79 Å². The first-order valence-corrected chi connectivity index (χ1v) is 4.93. The Labute approximate surface area is 100.0 Å². The molecule has 0 fully saturated rings. The SMILES string of the molecule is COC(=O)/C=C\Nc1cc(OC)cc(OC)c1. The lowest BCUT2D eigenvalue weighted by molar-refractivity contribution is -0.134. The van der Waals surface area contributed by atoms with Crippen molar-refractivity contribution in [3.63, 3.8) is 0 Å². The molecular weight excluding hydrogens is 222 g/mol. The predicted molar refractivity (Wildman–Crippen MR) is 64.3 cm³/mol. The number of benzene rings is 1. The van der Waals surface area contributed by atoms with Crippen LogP contribution in [0.25, 0.3) is 0 Å². The molecule has 1 N–H and O–H groups in total. The maximum atomic E-state index is 10.8. The highest BCUT2D eigenvalue weighted by Gasteiger charge is 2.00. The van der Waals surface area contributed by atoms with Crippen LogP contribution in [-0.4, -0.2) is 27.3 Å². The van der Waals surface area contributed by atoms with Crippen LogP contribution in [0.1, 0.15) is 0 Å². The zero-order valence-corrected chi connectivity index (χ0v) is 10.0. The van der Waals surface area contributed by atoms with Crippen molar-refractivity contribution >= 4 is 11.7 Å². The summed E-state index contributed by atoms with van der Waals surface area (Å²) in [6.07, 6.45) is 2.77. The van der Waals surface area contributed by atoms with Gasteiger partial charge in [0.15, 0.2) is 0 Å². The summed E-state index contributed by atoms with van der Waals surface area (Å²) >= 11 is 0. The van der Waals surface area contributed by atoms with E-state index in [1.54, 1.807) is 32.4 Å². The Morgan fingerprint density at radius 1 is 1.12 bits per heavy atom. The number of ether oxygens (including phenoxy) is 3. The Balaban J connectivity index is 2.76. The largest absolute Gasteiger partial charge is 0.497 e. The van der Waals surface area contributed by atoms with Crippen LogP contribution in [-0.2, 0) is 9.53 Å². The zero-order chi connectivity index (χ0) is 12.7. The normalized spacial score (nSPS) is 10.1. The summed E-state index contributed by atoms with van der Waals surface area (Å²) in [6.45, 7) is 0. The van der Waals surface area contributed by atoms with Crippen LogP contribution >= 0.6 is 0 Å². The lowest BCUT2D eigenvalue weighted by atomic mass is 10.3. The van der Waals surface area contributed by atoms with E-state index in [1.165, 1.54) is 19.4 Å². The predicted octanol–water partition coefficient (Wildman–Crippen LogP) is 1.80. The van der Waals surface area contributed by atoms with Crippen LogP contribution in [0.5, 0.6) is 11.5 Å². The molecule has 17 heavy (non-hydrogen) atoms. The molecule has 5 heteroatoms. The monoisotopic (exact) mass is 237 g/mol. The summed E-state index contributed by atoms with van der Waals surface area (Å²) in [6, 6.07) is 5.32. The molecule has 0 aliphatic carbocycles. The van der Waals surface area contributed by atoms with Gasteiger partial charge in [0, 0.05) is 36.2 Å². The van der Waals surface area contributed by atoms with Crippen LogP contribution in [0.15, 0.2) is 30.5 Å². The number of anilines is 1. The average Bonchev–Trinajstić information content (AvgIpc) is 2.37. The van der Waals surface area contributed by atoms with Crippen molar-refractivity contribution in [3.05, 3.63) is 30.5 Å². The third-order valence-electron chi connectivity index (χ3n) is 2.02. The van der Waals surface area contributed by atoms with E-state index in [0.717, 1.165) is 5.69 Å². The van der Waals surface area contributed by atoms with Crippen molar-refractivity contribution in [2.45, 2.75) is 0 Å². The number of methoxy groups -OCH3 is 3. The van der Waals surface area contributed by atoms with Crippen LogP contribution in [0, 0.1) is 0 Å². The van der Waals surface area contributed by atoms with Gasteiger partial charge in [0.05, 0.1) is 21.3 Å². The van der Waals surface area contributed by atoms with E-state index in [-0.39, 0.29) is 0 Å². The van der Waals surface area contributed by atoms with Gasteiger partial charge in [0.25, 0.3) is 0 Å². The van der Waals surface area contributed by atoms with Crippen molar-refractivity contribution in [1.29, 1.82) is 0 Å². The number of carbonyl (C=O) groups is 1. The minimum Gasteiger partial charge on any atom is -0.497 e. The second kappa shape index (κ2) is 6.42. The highest BCUT2D eigenvalue weighted by atomic mass is 16.5. The molecular formula is C12H15NO4. The summed E-state index contributed by atoms with van der Waals surface area (Å²) in [4.78, 5) is 10.8. The standard InChI is InChI=1S/C12H15NO4/c1-15-10-6-9(7-11(8-10)16-2)13-5-4-12(14)17-3/h4-8,13H,1-3H3/b5-4-. The number of rotatable bonds is 5. The molecule has 0 aromatic heterocycles. The number of carbonyl (C=O) groups excluding carboxylic acids is 1. The van der Waals surface area contributed by atoms with E-state index in [0.29, 0.717) is 11.5 Å². The van der Waals surface area contributed by atoms with Gasteiger partial charge in [-0.2, -0.15) is 0 Å². The van der Waals surface area contributed by atoms with E-state index in [4.69, 9.17) is 9.47 Å². The van der Waals surface area contributed by atoms with Gasteiger partial charge in [-0.1, -0.05) is 0 Å².